The molecule has 2 heterocycles. The molecular formula is C20H35N7O2. The smallest absolute Gasteiger partial charge is 0.243 e. The van der Waals surface area contributed by atoms with Gasteiger partial charge in [-0.05, 0) is 25.2 Å². The molecule has 162 valence electrons. The van der Waals surface area contributed by atoms with Crippen LogP contribution < -0.4 is 10.6 Å². The Bertz CT molecular complexity index is 716. The maximum Gasteiger partial charge on any atom is 0.243 e. The molecule has 1 aliphatic carbocycles. The van der Waals surface area contributed by atoms with Gasteiger partial charge in [0.2, 0.25) is 5.91 Å². The Morgan fingerprint density at radius 2 is 2.07 bits per heavy atom. The highest BCUT2D eigenvalue weighted by atomic mass is 16.5. The molecule has 0 saturated heterocycles. The van der Waals surface area contributed by atoms with Crippen molar-refractivity contribution in [2.75, 3.05) is 27.7 Å². The van der Waals surface area contributed by atoms with E-state index in [0.29, 0.717) is 18.6 Å². The molecule has 9 heteroatoms. The Morgan fingerprint density at radius 3 is 2.79 bits per heavy atom. The first-order chi connectivity index (χ1) is 14.0. The van der Waals surface area contributed by atoms with Crippen LogP contribution in [-0.4, -0.2) is 71.4 Å². The first-order valence-electron chi connectivity index (χ1n) is 10.7. The van der Waals surface area contributed by atoms with Gasteiger partial charge in [-0.15, -0.1) is 0 Å². The van der Waals surface area contributed by atoms with Crippen LogP contribution in [0.2, 0.25) is 0 Å². The van der Waals surface area contributed by atoms with Crippen LogP contribution in [-0.2, 0) is 29.1 Å². The zero-order chi connectivity index (χ0) is 20.8. The third-order valence-electron chi connectivity index (χ3n) is 5.82. The molecule has 0 bridgehead atoms. The molecule has 1 amide bonds. The molecular weight excluding hydrogens is 370 g/mol. The number of hydrogen-bond donors (Lipinski definition) is 2. The Morgan fingerprint density at radius 1 is 1.28 bits per heavy atom. The monoisotopic (exact) mass is 405 g/mol. The summed E-state index contributed by atoms with van der Waals surface area (Å²) in [4.78, 5) is 22.8. The predicted molar refractivity (Wildman–Crippen MR) is 112 cm³/mol. The molecule has 1 aromatic heterocycles. The second kappa shape index (κ2) is 10.0. The van der Waals surface area contributed by atoms with Gasteiger partial charge >= 0.3 is 0 Å². The van der Waals surface area contributed by atoms with Crippen LogP contribution in [0.25, 0.3) is 0 Å². The van der Waals surface area contributed by atoms with Gasteiger partial charge in [-0.3, -0.25) is 4.79 Å². The van der Waals surface area contributed by atoms with E-state index in [1.807, 2.05) is 4.68 Å². The van der Waals surface area contributed by atoms with Crippen molar-refractivity contribution in [2.24, 2.45) is 10.9 Å². The molecule has 2 N–H and O–H groups in total. The van der Waals surface area contributed by atoms with Crippen LogP contribution in [0, 0.1) is 5.92 Å². The van der Waals surface area contributed by atoms with Crippen LogP contribution in [0.3, 0.4) is 0 Å². The average molecular weight is 406 g/mol. The summed E-state index contributed by atoms with van der Waals surface area (Å²) in [5.74, 6) is 3.05. The first kappa shape index (κ1) is 21.5. The number of guanidine groups is 1. The SMILES string of the molecule is COCc1nc2n(n1)CC(NC(=NCC(=O)N(C)C)NC1CCCCC1C)CC2. The van der Waals surface area contributed by atoms with Gasteiger partial charge in [0.15, 0.2) is 11.8 Å². The van der Waals surface area contributed by atoms with Crippen molar-refractivity contribution < 1.29 is 9.53 Å². The number of aliphatic imine (C=N–C) groups is 1. The van der Waals surface area contributed by atoms with Gasteiger partial charge in [-0.1, -0.05) is 19.8 Å². The number of carbonyl (C=O) groups is 1. The van der Waals surface area contributed by atoms with E-state index in [-0.39, 0.29) is 18.5 Å². The summed E-state index contributed by atoms with van der Waals surface area (Å²) in [5, 5.41) is 11.7. The zero-order valence-electron chi connectivity index (χ0n) is 18.1. The molecule has 1 aliphatic heterocycles. The number of nitrogens with one attached hydrogen (secondary N) is 2. The van der Waals surface area contributed by atoms with E-state index >= 15 is 0 Å². The number of aryl methyl sites for hydroxylation is 1. The van der Waals surface area contributed by atoms with Gasteiger partial charge in [0, 0.05) is 39.7 Å². The van der Waals surface area contributed by atoms with Crippen molar-refractivity contribution >= 4 is 11.9 Å². The number of likely N-dealkylation sites (N-methyl/N-ethyl adjacent to an activating group) is 1. The number of fused-ring (bicyclic) bond motifs is 1. The van der Waals surface area contributed by atoms with Crippen LogP contribution in [0.15, 0.2) is 4.99 Å². The van der Waals surface area contributed by atoms with Crippen LogP contribution >= 0.6 is 0 Å². The van der Waals surface area contributed by atoms with Crippen LogP contribution in [0.4, 0.5) is 0 Å². The Labute approximate surface area is 173 Å². The third kappa shape index (κ3) is 5.91. The summed E-state index contributed by atoms with van der Waals surface area (Å²) in [6.45, 7) is 3.59. The van der Waals surface area contributed by atoms with Crippen molar-refractivity contribution in [3.8, 4) is 0 Å². The minimum atomic E-state index is -0.00536. The molecule has 0 spiro atoms. The standard InChI is InChI=1S/C20H35N7O2/c1-14-7-5-6-8-16(14)23-20(21-11-19(28)26(2)3)22-15-9-10-18-24-17(13-29-4)25-27(18)12-15/h14-16H,5-13H2,1-4H3,(H2,21,22,23). The quantitative estimate of drug-likeness (QED) is 0.540. The summed E-state index contributed by atoms with van der Waals surface area (Å²) in [6, 6.07) is 0.586. The molecule has 1 fully saturated rings. The maximum absolute atomic E-state index is 12.1. The molecule has 3 atom stereocenters. The van der Waals surface area contributed by atoms with Crippen molar-refractivity contribution in [1.29, 1.82) is 0 Å². The molecule has 1 saturated carbocycles. The van der Waals surface area contributed by atoms with E-state index < -0.39 is 0 Å². The number of carbonyl (C=O) groups excluding carboxylic acids is 1. The van der Waals surface area contributed by atoms with Gasteiger partial charge in [0.1, 0.15) is 19.0 Å². The molecule has 2 aliphatic rings. The van der Waals surface area contributed by atoms with Gasteiger partial charge in [0.05, 0.1) is 6.54 Å². The van der Waals surface area contributed by atoms with E-state index in [0.717, 1.165) is 43.4 Å². The fourth-order valence-corrected chi connectivity index (χ4v) is 3.99. The zero-order valence-corrected chi connectivity index (χ0v) is 18.1. The number of nitrogens with zero attached hydrogens (tertiary/aromatic N) is 5. The molecule has 0 aromatic carbocycles. The summed E-state index contributed by atoms with van der Waals surface area (Å²) >= 11 is 0. The molecule has 29 heavy (non-hydrogen) atoms. The van der Waals surface area contributed by atoms with Crippen LogP contribution in [0.1, 0.15) is 50.7 Å². The normalized spacial score (nSPS) is 24.7. The molecule has 3 unspecified atom stereocenters. The summed E-state index contributed by atoms with van der Waals surface area (Å²) in [7, 11) is 5.17. The summed E-state index contributed by atoms with van der Waals surface area (Å²) in [5.41, 5.74) is 0. The number of rotatable bonds is 6. The summed E-state index contributed by atoms with van der Waals surface area (Å²) in [6.07, 6.45) is 6.71. The Kier molecular flexibility index (Phi) is 7.46. The number of amides is 1. The lowest BCUT2D eigenvalue weighted by atomic mass is 9.86. The topological polar surface area (TPSA) is 96.7 Å². The second-order valence-corrected chi connectivity index (χ2v) is 8.40. The van der Waals surface area contributed by atoms with Crippen molar-refractivity contribution in [1.82, 2.24) is 30.3 Å². The van der Waals surface area contributed by atoms with Gasteiger partial charge in [-0.2, -0.15) is 5.10 Å². The van der Waals surface area contributed by atoms with Gasteiger partial charge < -0.3 is 20.3 Å². The lowest BCUT2D eigenvalue weighted by molar-refractivity contribution is -0.127. The van der Waals surface area contributed by atoms with Crippen LogP contribution in [0.5, 0.6) is 0 Å². The highest BCUT2D eigenvalue weighted by Crippen LogP contribution is 2.23. The third-order valence-corrected chi connectivity index (χ3v) is 5.82. The van der Waals surface area contributed by atoms with Crippen molar-refractivity contribution in [3.05, 3.63) is 11.6 Å². The minimum Gasteiger partial charge on any atom is -0.377 e. The minimum absolute atomic E-state index is 0.00536. The Hall–Kier alpha value is -2.16. The van der Waals surface area contributed by atoms with Crippen molar-refractivity contribution in [3.63, 3.8) is 0 Å². The number of methoxy groups -OCH3 is 1. The predicted octanol–water partition coefficient (Wildman–Crippen LogP) is 0.941. The van der Waals surface area contributed by atoms with Crippen molar-refractivity contribution in [2.45, 2.75) is 70.7 Å². The molecule has 9 nitrogen and oxygen atoms in total. The van der Waals surface area contributed by atoms with E-state index in [1.165, 1.54) is 19.3 Å². The molecule has 1 aromatic rings. The highest BCUT2D eigenvalue weighted by Gasteiger charge is 2.26. The fourth-order valence-electron chi connectivity index (χ4n) is 3.99. The second-order valence-electron chi connectivity index (χ2n) is 8.40. The average Bonchev–Trinajstić information content (AvgIpc) is 3.09. The van der Waals surface area contributed by atoms with Gasteiger partial charge in [0.25, 0.3) is 0 Å². The molecule has 0 radical (unpaired) electrons. The van der Waals surface area contributed by atoms with E-state index in [9.17, 15) is 4.79 Å². The number of ether oxygens (including phenoxy) is 1. The fraction of sp³-hybridized carbons (Fsp3) is 0.800. The summed E-state index contributed by atoms with van der Waals surface area (Å²) < 4.78 is 7.11. The maximum atomic E-state index is 12.1. The lowest BCUT2D eigenvalue weighted by Crippen LogP contribution is -2.52. The molecule has 3 rings (SSSR count). The lowest BCUT2D eigenvalue weighted by Gasteiger charge is -2.33. The van der Waals surface area contributed by atoms with Gasteiger partial charge in [-0.25, -0.2) is 14.7 Å². The van der Waals surface area contributed by atoms with E-state index in [4.69, 9.17) is 4.74 Å². The van der Waals surface area contributed by atoms with E-state index in [1.54, 1.807) is 26.1 Å². The van der Waals surface area contributed by atoms with E-state index in [2.05, 4.69) is 32.6 Å². The highest BCUT2D eigenvalue weighted by molar-refractivity contribution is 5.85. The number of aromatic nitrogens is 3. The number of hydrogen-bond acceptors (Lipinski definition) is 5. The largest absolute Gasteiger partial charge is 0.377 e. The Balaban J connectivity index is 1.66. The first-order valence-corrected chi connectivity index (χ1v) is 10.7.